The lowest BCUT2D eigenvalue weighted by atomic mass is 10.1. The number of imidazole rings is 1. The first kappa shape index (κ1) is 11.3. The third-order valence-electron chi connectivity index (χ3n) is 2.60. The average molecular weight is 236 g/mol. The Hall–Kier alpha value is -1.20. The van der Waals surface area contributed by atoms with Crippen molar-refractivity contribution in [1.82, 2.24) is 19.9 Å². The van der Waals surface area contributed by atoms with Gasteiger partial charge in [0.2, 0.25) is 0 Å². The van der Waals surface area contributed by atoms with E-state index in [0.29, 0.717) is 0 Å². The van der Waals surface area contributed by atoms with Gasteiger partial charge in [-0.05, 0) is 14.0 Å². The van der Waals surface area contributed by atoms with E-state index in [1.165, 1.54) is 0 Å². The summed E-state index contributed by atoms with van der Waals surface area (Å²) in [6.45, 7) is 2.03. The third-order valence-corrected chi connectivity index (χ3v) is 3.42. The summed E-state index contributed by atoms with van der Waals surface area (Å²) >= 11 is 1.69. The number of nitrogens with zero attached hydrogens (tertiary/aromatic N) is 3. The lowest BCUT2D eigenvalue weighted by Gasteiger charge is -2.14. The molecule has 2 heterocycles. The Kier molecular flexibility index (Phi) is 3.36. The monoisotopic (exact) mass is 236 g/mol. The van der Waals surface area contributed by atoms with Crippen LogP contribution in [-0.2, 0) is 13.5 Å². The second-order valence-corrected chi connectivity index (χ2v) is 4.86. The van der Waals surface area contributed by atoms with Crippen molar-refractivity contribution in [2.45, 2.75) is 19.4 Å². The van der Waals surface area contributed by atoms with Crippen molar-refractivity contribution in [2.75, 3.05) is 7.05 Å². The molecule has 0 amide bonds. The number of thiazole rings is 1. The van der Waals surface area contributed by atoms with Gasteiger partial charge in [-0.3, -0.25) is 0 Å². The summed E-state index contributed by atoms with van der Waals surface area (Å²) in [4.78, 5) is 8.85. The number of hydrogen-bond acceptors (Lipinski definition) is 4. The maximum absolute atomic E-state index is 4.48. The zero-order chi connectivity index (χ0) is 11.5. The van der Waals surface area contributed by atoms with Gasteiger partial charge in [-0.25, -0.2) is 9.97 Å². The molecule has 0 aliphatic carbocycles. The van der Waals surface area contributed by atoms with Gasteiger partial charge >= 0.3 is 0 Å². The lowest BCUT2D eigenvalue weighted by Crippen LogP contribution is -2.22. The maximum atomic E-state index is 4.48. The molecule has 1 atom stereocenters. The van der Waals surface area contributed by atoms with Crippen molar-refractivity contribution in [1.29, 1.82) is 0 Å². The molecule has 0 aliphatic rings. The molecular weight excluding hydrogens is 220 g/mol. The van der Waals surface area contributed by atoms with Crippen LogP contribution in [0.15, 0.2) is 17.8 Å². The predicted octanol–water partition coefficient (Wildman–Crippen LogP) is 1.69. The molecule has 0 aromatic carbocycles. The Bertz CT molecular complexity index is 460. The fraction of sp³-hybridized carbons (Fsp3) is 0.455. The van der Waals surface area contributed by atoms with E-state index in [0.717, 1.165) is 22.9 Å². The van der Waals surface area contributed by atoms with Crippen LogP contribution >= 0.6 is 11.3 Å². The van der Waals surface area contributed by atoms with Crippen LogP contribution in [0.25, 0.3) is 0 Å². The molecule has 0 radical (unpaired) electrons. The molecule has 0 spiro atoms. The SMILES string of the molecule is CNC(Cc1csc(C)n1)c1nccn1C. The minimum absolute atomic E-state index is 0.224. The number of aryl methyl sites for hydroxylation is 2. The Balaban J connectivity index is 2.15. The minimum Gasteiger partial charge on any atom is -0.337 e. The zero-order valence-electron chi connectivity index (χ0n) is 9.77. The molecule has 86 valence electrons. The van der Waals surface area contributed by atoms with Crippen LogP contribution in [0.5, 0.6) is 0 Å². The smallest absolute Gasteiger partial charge is 0.125 e. The molecule has 2 aromatic rings. The Morgan fingerprint density at radius 1 is 1.56 bits per heavy atom. The molecule has 0 aliphatic heterocycles. The zero-order valence-corrected chi connectivity index (χ0v) is 10.6. The molecule has 0 fully saturated rings. The van der Waals surface area contributed by atoms with Gasteiger partial charge in [0.15, 0.2) is 0 Å². The van der Waals surface area contributed by atoms with E-state index < -0.39 is 0 Å². The van der Waals surface area contributed by atoms with Crippen molar-refractivity contribution < 1.29 is 0 Å². The van der Waals surface area contributed by atoms with Gasteiger partial charge in [0.1, 0.15) is 5.82 Å². The van der Waals surface area contributed by atoms with E-state index >= 15 is 0 Å². The molecule has 0 saturated carbocycles. The largest absolute Gasteiger partial charge is 0.337 e. The summed E-state index contributed by atoms with van der Waals surface area (Å²) in [5.41, 5.74) is 1.13. The second-order valence-electron chi connectivity index (χ2n) is 3.80. The Labute approximate surface area is 99.4 Å². The number of likely N-dealkylation sites (N-methyl/N-ethyl adjacent to an activating group) is 1. The highest BCUT2D eigenvalue weighted by atomic mass is 32.1. The summed E-state index contributed by atoms with van der Waals surface area (Å²) in [6, 6.07) is 0.224. The maximum Gasteiger partial charge on any atom is 0.125 e. The molecule has 2 aromatic heterocycles. The van der Waals surface area contributed by atoms with Crippen molar-refractivity contribution in [2.24, 2.45) is 7.05 Å². The Morgan fingerprint density at radius 2 is 2.38 bits per heavy atom. The summed E-state index contributed by atoms with van der Waals surface area (Å²) in [5.74, 6) is 1.05. The second kappa shape index (κ2) is 4.76. The van der Waals surface area contributed by atoms with Crippen LogP contribution in [-0.4, -0.2) is 21.6 Å². The highest BCUT2D eigenvalue weighted by Gasteiger charge is 2.15. The first-order chi connectivity index (χ1) is 7.70. The summed E-state index contributed by atoms with van der Waals surface area (Å²) in [6.07, 6.45) is 4.67. The van der Waals surface area contributed by atoms with Crippen molar-refractivity contribution in [3.05, 3.63) is 34.3 Å². The number of hydrogen-bond donors (Lipinski definition) is 1. The highest BCUT2D eigenvalue weighted by molar-refractivity contribution is 7.09. The fourth-order valence-corrected chi connectivity index (χ4v) is 2.37. The van der Waals surface area contributed by atoms with Gasteiger partial charge in [-0.15, -0.1) is 11.3 Å². The van der Waals surface area contributed by atoms with Crippen LogP contribution in [0, 0.1) is 6.92 Å². The fourth-order valence-electron chi connectivity index (χ4n) is 1.75. The van der Waals surface area contributed by atoms with Crippen LogP contribution in [0.4, 0.5) is 0 Å². The van der Waals surface area contributed by atoms with Gasteiger partial charge in [-0.2, -0.15) is 0 Å². The molecule has 1 unspecified atom stereocenters. The predicted molar refractivity (Wildman–Crippen MR) is 65.6 cm³/mol. The quantitative estimate of drug-likeness (QED) is 0.878. The summed E-state index contributed by atoms with van der Waals surface area (Å²) in [5, 5.41) is 6.51. The van der Waals surface area contributed by atoms with Gasteiger partial charge in [0.05, 0.1) is 16.7 Å². The normalized spacial score (nSPS) is 12.9. The van der Waals surface area contributed by atoms with Crippen LogP contribution in [0.3, 0.4) is 0 Å². The molecule has 0 bridgehead atoms. The number of nitrogens with one attached hydrogen (secondary N) is 1. The topological polar surface area (TPSA) is 42.7 Å². The van der Waals surface area contributed by atoms with Crippen LogP contribution in [0.1, 0.15) is 22.6 Å². The minimum atomic E-state index is 0.224. The van der Waals surface area contributed by atoms with E-state index in [1.54, 1.807) is 11.3 Å². The van der Waals surface area contributed by atoms with E-state index in [1.807, 2.05) is 38.0 Å². The van der Waals surface area contributed by atoms with Crippen molar-refractivity contribution >= 4 is 11.3 Å². The van der Waals surface area contributed by atoms with Gasteiger partial charge in [0.25, 0.3) is 0 Å². The van der Waals surface area contributed by atoms with Crippen LogP contribution in [0.2, 0.25) is 0 Å². The molecule has 2 rings (SSSR count). The highest BCUT2D eigenvalue weighted by Crippen LogP contribution is 2.17. The van der Waals surface area contributed by atoms with Crippen molar-refractivity contribution in [3.63, 3.8) is 0 Å². The molecule has 0 saturated heterocycles. The molecule has 4 nitrogen and oxygen atoms in total. The third kappa shape index (κ3) is 2.31. The van der Waals surface area contributed by atoms with Gasteiger partial charge < -0.3 is 9.88 Å². The average Bonchev–Trinajstić information content (AvgIpc) is 2.84. The van der Waals surface area contributed by atoms with Gasteiger partial charge in [-0.1, -0.05) is 0 Å². The summed E-state index contributed by atoms with van der Waals surface area (Å²) in [7, 11) is 3.97. The molecular formula is C11H16N4S. The molecule has 1 N–H and O–H groups in total. The molecule has 5 heteroatoms. The van der Waals surface area contributed by atoms with E-state index in [2.05, 4.69) is 20.7 Å². The lowest BCUT2D eigenvalue weighted by molar-refractivity contribution is 0.533. The summed E-state index contributed by atoms with van der Waals surface area (Å²) < 4.78 is 2.04. The first-order valence-corrected chi connectivity index (χ1v) is 6.14. The van der Waals surface area contributed by atoms with Crippen molar-refractivity contribution in [3.8, 4) is 0 Å². The first-order valence-electron chi connectivity index (χ1n) is 5.26. The van der Waals surface area contributed by atoms with E-state index in [9.17, 15) is 0 Å². The van der Waals surface area contributed by atoms with Crippen LogP contribution < -0.4 is 5.32 Å². The Morgan fingerprint density at radius 3 is 2.88 bits per heavy atom. The number of rotatable bonds is 4. The standard InChI is InChI=1S/C11H16N4S/c1-8-14-9(7-16-8)6-10(12-2)11-13-4-5-15(11)3/h4-5,7,10,12H,6H2,1-3H3. The van der Waals surface area contributed by atoms with E-state index in [4.69, 9.17) is 0 Å². The number of aromatic nitrogens is 3. The van der Waals surface area contributed by atoms with Gasteiger partial charge in [0, 0.05) is 31.2 Å². The molecule has 16 heavy (non-hydrogen) atoms. The van der Waals surface area contributed by atoms with E-state index in [-0.39, 0.29) is 6.04 Å².